The van der Waals surface area contributed by atoms with Gasteiger partial charge in [-0.25, -0.2) is 0 Å². The molecule has 2 N–H and O–H groups in total. The summed E-state index contributed by atoms with van der Waals surface area (Å²) in [6.07, 6.45) is 3.84. The van der Waals surface area contributed by atoms with Crippen molar-refractivity contribution >= 4 is 5.91 Å². The van der Waals surface area contributed by atoms with Gasteiger partial charge in [0.25, 0.3) is 0 Å². The Hall–Kier alpha value is -1.51. The van der Waals surface area contributed by atoms with Gasteiger partial charge in [-0.05, 0) is 42.4 Å². The molecule has 1 aromatic carbocycles. The Balaban J connectivity index is 1.88. The van der Waals surface area contributed by atoms with Gasteiger partial charge in [-0.3, -0.25) is 4.79 Å². The first-order chi connectivity index (χ1) is 9.10. The lowest BCUT2D eigenvalue weighted by atomic mass is 9.93. The average molecular weight is 261 g/mol. The van der Waals surface area contributed by atoms with Gasteiger partial charge < -0.3 is 10.4 Å². The molecule has 3 heteroatoms. The van der Waals surface area contributed by atoms with Crippen LogP contribution < -0.4 is 5.32 Å². The molecule has 0 saturated heterocycles. The normalized spacial score (nSPS) is 26.3. The van der Waals surface area contributed by atoms with Crippen molar-refractivity contribution in [3.8, 4) is 5.75 Å². The van der Waals surface area contributed by atoms with Gasteiger partial charge in [-0.15, -0.1) is 0 Å². The van der Waals surface area contributed by atoms with Gasteiger partial charge in [0.15, 0.2) is 0 Å². The lowest BCUT2D eigenvalue weighted by Crippen LogP contribution is -2.38. The highest BCUT2D eigenvalue weighted by atomic mass is 16.3. The smallest absolute Gasteiger partial charge is 0.224 e. The molecule has 0 bridgehead atoms. The van der Waals surface area contributed by atoms with Crippen LogP contribution >= 0.6 is 0 Å². The average Bonchev–Trinajstić information content (AvgIpc) is 2.70. The van der Waals surface area contributed by atoms with Crippen LogP contribution in [0, 0.1) is 11.8 Å². The molecule has 0 aliphatic heterocycles. The second kappa shape index (κ2) is 6.09. The standard InChI is InChI=1S/C16H23NO2/c1-3-13-7-8-15(11(13)2)17-16(19)10-12-5-4-6-14(18)9-12/h4-6,9,11,13,15,18H,3,7-8,10H2,1-2H3,(H,17,19). The highest BCUT2D eigenvalue weighted by Gasteiger charge is 2.32. The van der Waals surface area contributed by atoms with Crippen molar-refractivity contribution < 1.29 is 9.90 Å². The van der Waals surface area contributed by atoms with Crippen LogP contribution in [0.4, 0.5) is 0 Å². The Bertz CT molecular complexity index is 444. The topological polar surface area (TPSA) is 49.3 Å². The molecule has 3 atom stereocenters. The fourth-order valence-electron chi connectivity index (χ4n) is 3.14. The Morgan fingerprint density at radius 1 is 1.42 bits per heavy atom. The van der Waals surface area contributed by atoms with E-state index in [0.717, 1.165) is 17.9 Å². The minimum atomic E-state index is 0.0548. The van der Waals surface area contributed by atoms with Crippen molar-refractivity contribution in [3.63, 3.8) is 0 Å². The van der Waals surface area contributed by atoms with Gasteiger partial charge >= 0.3 is 0 Å². The molecule has 1 fully saturated rings. The Morgan fingerprint density at radius 2 is 2.21 bits per heavy atom. The summed E-state index contributed by atoms with van der Waals surface area (Å²) < 4.78 is 0. The molecule has 0 aromatic heterocycles. The van der Waals surface area contributed by atoms with E-state index in [9.17, 15) is 9.90 Å². The van der Waals surface area contributed by atoms with Crippen molar-refractivity contribution in [2.45, 2.75) is 45.6 Å². The Morgan fingerprint density at radius 3 is 2.84 bits per heavy atom. The van der Waals surface area contributed by atoms with Crippen LogP contribution in [-0.4, -0.2) is 17.1 Å². The molecule has 2 rings (SSSR count). The quantitative estimate of drug-likeness (QED) is 0.875. The number of hydrogen-bond acceptors (Lipinski definition) is 2. The third-order valence-corrected chi connectivity index (χ3v) is 4.37. The molecule has 3 nitrogen and oxygen atoms in total. The molecule has 1 saturated carbocycles. The first-order valence-corrected chi connectivity index (χ1v) is 7.17. The van der Waals surface area contributed by atoms with Gasteiger partial charge in [0.1, 0.15) is 5.75 Å². The van der Waals surface area contributed by atoms with Crippen LogP contribution in [0.1, 0.15) is 38.7 Å². The zero-order chi connectivity index (χ0) is 13.8. The van der Waals surface area contributed by atoms with Crippen LogP contribution in [-0.2, 0) is 11.2 Å². The molecule has 1 aliphatic rings. The van der Waals surface area contributed by atoms with Gasteiger partial charge in [0.2, 0.25) is 5.91 Å². The number of phenols is 1. The monoisotopic (exact) mass is 261 g/mol. The number of benzene rings is 1. The van der Waals surface area contributed by atoms with E-state index in [0.29, 0.717) is 18.4 Å². The summed E-state index contributed by atoms with van der Waals surface area (Å²) in [6.45, 7) is 4.46. The van der Waals surface area contributed by atoms with E-state index in [1.807, 2.05) is 6.07 Å². The van der Waals surface area contributed by atoms with E-state index in [-0.39, 0.29) is 11.7 Å². The van der Waals surface area contributed by atoms with Crippen LogP contribution in [0.2, 0.25) is 0 Å². The van der Waals surface area contributed by atoms with Crippen LogP contribution in [0.5, 0.6) is 5.75 Å². The SMILES string of the molecule is CCC1CCC(NC(=O)Cc2cccc(O)c2)C1C. The van der Waals surface area contributed by atoms with Crippen molar-refractivity contribution in [3.05, 3.63) is 29.8 Å². The lowest BCUT2D eigenvalue weighted by Gasteiger charge is -2.21. The molecule has 1 amide bonds. The fraction of sp³-hybridized carbons (Fsp3) is 0.562. The molecule has 104 valence electrons. The maximum Gasteiger partial charge on any atom is 0.224 e. The van der Waals surface area contributed by atoms with Crippen LogP contribution in [0.15, 0.2) is 24.3 Å². The second-order valence-electron chi connectivity index (χ2n) is 5.63. The van der Waals surface area contributed by atoms with E-state index < -0.39 is 0 Å². The van der Waals surface area contributed by atoms with Crippen molar-refractivity contribution in [1.29, 1.82) is 0 Å². The van der Waals surface area contributed by atoms with Crippen LogP contribution in [0.3, 0.4) is 0 Å². The number of amides is 1. The third kappa shape index (κ3) is 3.49. The predicted octanol–water partition coefficient (Wildman–Crippen LogP) is 2.88. The summed E-state index contributed by atoms with van der Waals surface area (Å²) in [6, 6.07) is 7.21. The van der Waals surface area contributed by atoms with Crippen molar-refractivity contribution in [2.24, 2.45) is 11.8 Å². The Kier molecular flexibility index (Phi) is 4.46. The fourth-order valence-corrected chi connectivity index (χ4v) is 3.14. The van der Waals surface area contributed by atoms with Crippen molar-refractivity contribution in [2.75, 3.05) is 0 Å². The second-order valence-corrected chi connectivity index (χ2v) is 5.63. The summed E-state index contributed by atoms with van der Waals surface area (Å²) in [5.41, 5.74) is 0.857. The highest BCUT2D eigenvalue weighted by Crippen LogP contribution is 2.33. The highest BCUT2D eigenvalue weighted by molar-refractivity contribution is 5.79. The Labute approximate surface area is 115 Å². The summed E-state index contributed by atoms with van der Waals surface area (Å²) in [7, 11) is 0. The minimum absolute atomic E-state index is 0.0548. The van der Waals surface area contributed by atoms with E-state index in [2.05, 4.69) is 19.2 Å². The molecule has 0 spiro atoms. The number of carbonyl (C=O) groups excluding carboxylic acids is 1. The summed E-state index contributed by atoms with van der Waals surface area (Å²) in [4.78, 5) is 12.0. The maximum atomic E-state index is 12.0. The largest absolute Gasteiger partial charge is 0.508 e. The van der Waals surface area contributed by atoms with E-state index in [1.54, 1.807) is 18.2 Å². The van der Waals surface area contributed by atoms with Gasteiger partial charge in [-0.2, -0.15) is 0 Å². The molecular formula is C16H23NO2. The first-order valence-electron chi connectivity index (χ1n) is 7.17. The van der Waals surface area contributed by atoms with E-state index >= 15 is 0 Å². The maximum absolute atomic E-state index is 12.0. The zero-order valence-electron chi connectivity index (χ0n) is 11.7. The number of carbonyl (C=O) groups is 1. The number of aromatic hydroxyl groups is 1. The summed E-state index contributed by atoms with van der Waals surface area (Å²) >= 11 is 0. The third-order valence-electron chi connectivity index (χ3n) is 4.37. The number of phenolic OH excluding ortho intramolecular Hbond substituents is 1. The van der Waals surface area contributed by atoms with Gasteiger partial charge in [0, 0.05) is 6.04 Å². The molecule has 19 heavy (non-hydrogen) atoms. The van der Waals surface area contributed by atoms with E-state index in [1.165, 1.54) is 12.8 Å². The molecule has 1 aliphatic carbocycles. The molecule has 0 radical (unpaired) electrons. The minimum Gasteiger partial charge on any atom is -0.508 e. The van der Waals surface area contributed by atoms with Gasteiger partial charge in [0.05, 0.1) is 6.42 Å². The lowest BCUT2D eigenvalue weighted by molar-refractivity contribution is -0.121. The molecular weight excluding hydrogens is 238 g/mol. The zero-order valence-corrected chi connectivity index (χ0v) is 11.7. The predicted molar refractivity (Wildman–Crippen MR) is 75.9 cm³/mol. The van der Waals surface area contributed by atoms with Crippen LogP contribution in [0.25, 0.3) is 0 Å². The number of rotatable bonds is 4. The van der Waals surface area contributed by atoms with Crippen molar-refractivity contribution in [1.82, 2.24) is 5.32 Å². The molecule has 0 heterocycles. The summed E-state index contributed by atoms with van der Waals surface area (Å²) in [5, 5.41) is 12.5. The van der Waals surface area contributed by atoms with Gasteiger partial charge in [-0.1, -0.05) is 32.4 Å². The first kappa shape index (κ1) is 13.9. The summed E-state index contributed by atoms with van der Waals surface area (Å²) in [5.74, 6) is 1.58. The molecule has 1 aromatic rings. The number of nitrogens with one attached hydrogen (secondary N) is 1. The molecule has 3 unspecified atom stereocenters. The van der Waals surface area contributed by atoms with E-state index in [4.69, 9.17) is 0 Å². The number of hydrogen-bond donors (Lipinski definition) is 2.